The number of pyridine rings is 1. The molecule has 1 aliphatic heterocycles. The van der Waals surface area contributed by atoms with Crippen LogP contribution >= 0.6 is 11.3 Å². The van der Waals surface area contributed by atoms with E-state index in [4.69, 9.17) is 10.5 Å². The molecule has 31 heavy (non-hydrogen) atoms. The molecule has 4 heterocycles. The fourth-order valence-electron chi connectivity index (χ4n) is 4.02. The first-order chi connectivity index (χ1) is 15.2. The minimum Gasteiger partial charge on any atom is -0.383 e. The molecule has 3 aromatic heterocycles. The molecule has 156 valence electrons. The fraction of sp³-hybridized carbons (Fsp3) is 0.261. The van der Waals surface area contributed by atoms with Crippen LogP contribution in [0.1, 0.15) is 12.5 Å². The van der Waals surface area contributed by atoms with E-state index in [2.05, 4.69) is 50.8 Å². The maximum atomic E-state index is 9.77. The summed E-state index contributed by atoms with van der Waals surface area (Å²) in [5, 5.41) is 11.8. The van der Waals surface area contributed by atoms with Gasteiger partial charge in [0.2, 0.25) is 0 Å². The van der Waals surface area contributed by atoms with Crippen LogP contribution in [0.4, 0.5) is 10.9 Å². The second-order valence-corrected chi connectivity index (χ2v) is 8.39. The molecule has 0 unspecified atom stereocenters. The fourth-order valence-corrected chi connectivity index (χ4v) is 5.01. The van der Waals surface area contributed by atoms with Gasteiger partial charge in [0, 0.05) is 54.1 Å². The highest BCUT2D eigenvalue weighted by Gasteiger charge is 2.20. The maximum Gasteiger partial charge on any atom is 0.186 e. The molecule has 5 rings (SSSR count). The minimum absolute atomic E-state index is 0.240. The van der Waals surface area contributed by atoms with Crippen molar-refractivity contribution in [3.05, 3.63) is 48.3 Å². The molecule has 8 heteroatoms. The zero-order valence-corrected chi connectivity index (χ0v) is 18.0. The molecule has 0 radical (unpaired) electrons. The van der Waals surface area contributed by atoms with Gasteiger partial charge in [-0.2, -0.15) is 5.26 Å². The van der Waals surface area contributed by atoms with Crippen LogP contribution in [-0.4, -0.2) is 40.8 Å². The third-order valence-corrected chi connectivity index (χ3v) is 6.70. The number of hydrogen-bond donors (Lipinski definition) is 1. The third kappa shape index (κ3) is 3.42. The summed E-state index contributed by atoms with van der Waals surface area (Å²) in [6.45, 7) is 6.01. The summed E-state index contributed by atoms with van der Waals surface area (Å²) in [6, 6.07) is 12.5. The van der Waals surface area contributed by atoms with Crippen molar-refractivity contribution in [2.24, 2.45) is 0 Å². The Morgan fingerprint density at radius 3 is 2.81 bits per heavy atom. The van der Waals surface area contributed by atoms with Crippen molar-refractivity contribution in [3.8, 4) is 27.8 Å². The second-order valence-electron chi connectivity index (χ2n) is 7.38. The number of nitrogens with two attached hydrogens (primary N) is 1. The molecule has 1 aliphatic rings. The molecule has 0 saturated carbocycles. The predicted molar refractivity (Wildman–Crippen MR) is 124 cm³/mol. The highest BCUT2D eigenvalue weighted by Crippen LogP contribution is 2.38. The number of aromatic nitrogens is 3. The molecule has 2 N–H and O–H groups in total. The van der Waals surface area contributed by atoms with Gasteiger partial charge in [-0.05, 0) is 19.1 Å². The van der Waals surface area contributed by atoms with Gasteiger partial charge < -0.3 is 19.9 Å². The molecule has 1 fully saturated rings. The second kappa shape index (κ2) is 8.02. The molecule has 7 nitrogen and oxygen atoms in total. The van der Waals surface area contributed by atoms with Gasteiger partial charge in [-0.15, -0.1) is 0 Å². The lowest BCUT2D eigenvalue weighted by molar-refractivity contribution is 0.122. The highest BCUT2D eigenvalue weighted by atomic mass is 32.1. The van der Waals surface area contributed by atoms with E-state index in [1.165, 1.54) is 0 Å². The molecule has 4 aromatic rings. The van der Waals surface area contributed by atoms with Crippen molar-refractivity contribution < 1.29 is 4.74 Å². The molecule has 0 amide bonds. The van der Waals surface area contributed by atoms with E-state index >= 15 is 0 Å². The number of benzene rings is 1. The van der Waals surface area contributed by atoms with Gasteiger partial charge >= 0.3 is 0 Å². The minimum atomic E-state index is 0.240. The Bertz CT molecular complexity index is 1300. The lowest BCUT2D eigenvalue weighted by Crippen LogP contribution is -2.36. The van der Waals surface area contributed by atoms with Crippen molar-refractivity contribution in [3.63, 3.8) is 0 Å². The first-order valence-electron chi connectivity index (χ1n) is 10.3. The zero-order chi connectivity index (χ0) is 21.4. The van der Waals surface area contributed by atoms with Gasteiger partial charge in [-0.25, -0.2) is 9.97 Å². The van der Waals surface area contributed by atoms with Crippen LogP contribution in [0.5, 0.6) is 0 Å². The Morgan fingerprint density at radius 2 is 2.03 bits per heavy atom. The number of morpholine rings is 1. The topological polar surface area (TPSA) is 93.0 Å². The number of para-hydroxylation sites is 1. The molecule has 1 aromatic carbocycles. The summed E-state index contributed by atoms with van der Waals surface area (Å²) in [5.74, 6) is 0.240. The molecule has 0 spiro atoms. The van der Waals surface area contributed by atoms with Gasteiger partial charge in [0.15, 0.2) is 5.13 Å². The summed E-state index contributed by atoms with van der Waals surface area (Å²) in [6.07, 6.45) is 3.93. The molecular formula is C23H22N6OS. The van der Waals surface area contributed by atoms with E-state index in [9.17, 15) is 5.26 Å². The lowest BCUT2D eigenvalue weighted by atomic mass is 10.0. The quantitative estimate of drug-likeness (QED) is 0.523. The van der Waals surface area contributed by atoms with Gasteiger partial charge in [-0.1, -0.05) is 29.5 Å². The van der Waals surface area contributed by atoms with E-state index in [0.717, 1.165) is 57.4 Å². The number of nitriles is 1. The van der Waals surface area contributed by atoms with Gasteiger partial charge in [0.1, 0.15) is 17.5 Å². The summed E-state index contributed by atoms with van der Waals surface area (Å²) >= 11 is 1.57. The van der Waals surface area contributed by atoms with Crippen LogP contribution in [0.2, 0.25) is 0 Å². The monoisotopic (exact) mass is 430 g/mol. The average Bonchev–Trinajstić information content (AvgIpc) is 3.44. The lowest BCUT2D eigenvalue weighted by Gasteiger charge is -2.25. The Hall–Kier alpha value is -3.41. The van der Waals surface area contributed by atoms with E-state index in [0.29, 0.717) is 18.8 Å². The normalized spacial score (nSPS) is 14.1. The molecule has 0 aliphatic carbocycles. The van der Waals surface area contributed by atoms with Crippen LogP contribution < -0.4 is 10.6 Å². The van der Waals surface area contributed by atoms with Crippen molar-refractivity contribution in [2.75, 3.05) is 36.9 Å². The Kier molecular flexibility index (Phi) is 5.06. The third-order valence-electron chi connectivity index (χ3n) is 5.61. The summed E-state index contributed by atoms with van der Waals surface area (Å²) < 4.78 is 7.64. The number of aryl methyl sites for hydroxylation is 1. The average molecular weight is 431 g/mol. The Balaban J connectivity index is 1.63. The zero-order valence-electron chi connectivity index (χ0n) is 17.2. The van der Waals surface area contributed by atoms with Crippen LogP contribution in [0, 0.1) is 11.3 Å². The molecule has 1 saturated heterocycles. The standard InChI is InChI=1S/C23H22N6OS/c1-2-28-14-18(15-5-3-4-6-20(15)28)19-11-16(17(12-24)22(25)27-19)21-13-26-23(31-21)29-7-9-30-10-8-29/h3-6,11,13-14H,2,7-10H2,1H3,(H2,25,27). The number of ether oxygens (including phenoxy) is 1. The number of thiazole rings is 1. The van der Waals surface area contributed by atoms with Gasteiger partial charge in [0.05, 0.1) is 23.8 Å². The summed E-state index contributed by atoms with van der Waals surface area (Å²) in [7, 11) is 0. The van der Waals surface area contributed by atoms with E-state index < -0.39 is 0 Å². The largest absolute Gasteiger partial charge is 0.383 e. The van der Waals surface area contributed by atoms with Crippen molar-refractivity contribution in [1.29, 1.82) is 5.26 Å². The van der Waals surface area contributed by atoms with Crippen LogP contribution in [-0.2, 0) is 11.3 Å². The summed E-state index contributed by atoms with van der Waals surface area (Å²) in [4.78, 5) is 12.3. The number of hydrogen-bond acceptors (Lipinski definition) is 7. The Morgan fingerprint density at radius 1 is 1.23 bits per heavy atom. The van der Waals surface area contributed by atoms with Crippen LogP contribution in [0.25, 0.3) is 32.6 Å². The van der Waals surface area contributed by atoms with Crippen molar-refractivity contribution in [2.45, 2.75) is 13.5 Å². The molecule has 0 bridgehead atoms. The number of rotatable bonds is 4. The molecular weight excluding hydrogens is 408 g/mol. The number of nitrogen functional groups attached to an aromatic ring is 1. The van der Waals surface area contributed by atoms with E-state index in [1.807, 2.05) is 24.4 Å². The first kappa shape index (κ1) is 19.5. The first-order valence-corrected chi connectivity index (χ1v) is 11.1. The van der Waals surface area contributed by atoms with Crippen molar-refractivity contribution >= 4 is 33.2 Å². The van der Waals surface area contributed by atoms with Crippen molar-refractivity contribution in [1.82, 2.24) is 14.5 Å². The smallest absolute Gasteiger partial charge is 0.186 e. The number of fused-ring (bicyclic) bond motifs is 1. The predicted octanol–water partition coefficient (Wildman–Crippen LogP) is 4.14. The SMILES string of the molecule is CCn1cc(-c2cc(-c3cnc(N4CCOCC4)s3)c(C#N)c(N)n2)c2ccccc21. The number of nitrogens with zero attached hydrogens (tertiary/aromatic N) is 5. The van der Waals surface area contributed by atoms with E-state index in [1.54, 1.807) is 11.3 Å². The van der Waals surface area contributed by atoms with Crippen LogP contribution in [0.3, 0.4) is 0 Å². The Labute approximate surface area is 184 Å². The number of anilines is 2. The van der Waals surface area contributed by atoms with Gasteiger partial charge in [0.25, 0.3) is 0 Å². The van der Waals surface area contributed by atoms with E-state index in [-0.39, 0.29) is 5.82 Å². The summed E-state index contributed by atoms with van der Waals surface area (Å²) in [5.41, 5.74) is 10.3. The van der Waals surface area contributed by atoms with Crippen LogP contribution in [0.15, 0.2) is 42.7 Å². The highest BCUT2D eigenvalue weighted by molar-refractivity contribution is 7.18. The molecule has 0 atom stereocenters. The van der Waals surface area contributed by atoms with Gasteiger partial charge in [-0.3, -0.25) is 0 Å². The maximum absolute atomic E-state index is 9.77.